The number of nitrogens with zero attached hydrogens (tertiary/aromatic N) is 1. The van der Waals surface area contributed by atoms with Crippen LogP contribution in [0, 0.1) is 5.92 Å². The van der Waals surface area contributed by atoms with Gasteiger partial charge >= 0.3 is 0 Å². The number of carbonyl (C=O) groups excluding carboxylic acids is 2. The summed E-state index contributed by atoms with van der Waals surface area (Å²) in [4.78, 5) is 24.2. The Morgan fingerprint density at radius 2 is 1.93 bits per heavy atom. The Balaban J connectivity index is 2.35. The largest absolute Gasteiger partial charge is 0.369 e. The summed E-state index contributed by atoms with van der Waals surface area (Å²) in [5, 5.41) is 0. The molecule has 1 aliphatic heterocycles. The average Bonchev–Trinajstić information content (AvgIpc) is 2.18. The first-order valence-electron chi connectivity index (χ1n) is 5.22. The van der Waals surface area contributed by atoms with Crippen molar-refractivity contribution in [1.82, 2.24) is 4.90 Å². The number of nitrogens with two attached hydrogens (primary N) is 1. The maximum Gasteiger partial charge on any atom is 0.222 e. The number of likely N-dealkylation sites (tertiary alicyclic amines) is 1. The van der Waals surface area contributed by atoms with Crippen LogP contribution in [0.3, 0.4) is 0 Å². The van der Waals surface area contributed by atoms with Crippen LogP contribution in [0.15, 0.2) is 0 Å². The minimum absolute atomic E-state index is 0.0272. The first kappa shape index (κ1) is 11.0. The minimum Gasteiger partial charge on any atom is -0.369 e. The van der Waals surface area contributed by atoms with Crippen LogP contribution in [0.1, 0.15) is 32.6 Å². The van der Waals surface area contributed by atoms with Gasteiger partial charge in [0.15, 0.2) is 0 Å². The summed E-state index contributed by atoms with van der Waals surface area (Å²) < 4.78 is 0. The fourth-order valence-corrected chi connectivity index (χ4v) is 1.79. The molecule has 0 bridgehead atoms. The van der Waals surface area contributed by atoms with Crippen LogP contribution in [-0.4, -0.2) is 29.8 Å². The van der Waals surface area contributed by atoms with E-state index in [1.54, 1.807) is 0 Å². The Hall–Kier alpha value is -1.06. The Labute approximate surface area is 84.4 Å². The first-order valence-corrected chi connectivity index (χ1v) is 5.22. The van der Waals surface area contributed by atoms with E-state index in [2.05, 4.69) is 0 Å². The van der Waals surface area contributed by atoms with E-state index >= 15 is 0 Å². The molecule has 0 aromatic carbocycles. The molecule has 2 N–H and O–H groups in total. The number of hydrogen-bond donors (Lipinski definition) is 1. The zero-order valence-electron chi connectivity index (χ0n) is 8.66. The van der Waals surface area contributed by atoms with Crippen molar-refractivity contribution in [2.75, 3.05) is 13.1 Å². The maximum atomic E-state index is 11.5. The van der Waals surface area contributed by atoms with E-state index in [1.807, 2.05) is 11.8 Å². The van der Waals surface area contributed by atoms with Gasteiger partial charge in [-0.25, -0.2) is 0 Å². The van der Waals surface area contributed by atoms with Crippen LogP contribution >= 0.6 is 0 Å². The number of piperidine rings is 1. The van der Waals surface area contributed by atoms with E-state index in [9.17, 15) is 9.59 Å². The quantitative estimate of drug-likeness (QED) is 0.718. The molecule has 4 heteroatoms. The zero-order valence-corrected chi connectivity index (χ0v) is 8.66. The predicted octanol–water partition coefficient (Wildman–Crippen LogP) is 0.510. The molecule has 0 saturated carbocycles. The Morgan fingerprint density at radius 1 is 1.36 bits per heavy atom. The molecule has 0 atom stereocenters. The van der Waals surface area contributed by atoms with E-state index in [0.29, 0.717) is 19.5 Å². The summed E-state index contributed by atoms with van der Waals surface area (Å²) in [6, 6.07) is 0. The lowest BCUT2D eigenvalue weighted by atomic mass is 9.96. The summed E-state index contributed by atoms with van der Waals surface area (Å²) >= 11 is 0. The van der Waals surface area contributed by atoms with Crippen LogP contribution in [0.5, 0.6) is 0 Å². The molecule has 14 heavy (non-hydrogen) atoms. The molecule has 0 radical (unpaired) electrons. The second-order valence-electron chi connectivity index (χ2n) is 3.81. The van der Waals surface area contributed by atoms with Crippen LogP contribution in [0.25, 0.3) is 0 Å². The highest BCUT2D eigenvalue weighted by atomic mass is 16.2. The van der Waals surface area contributed by atoms with Crippen LogP contribution < -0.4 is 5.73 Å². The van der Waals surface area contributed by atoms with Crippen LogP contribution in [0.4, 0.5) is 0 Å². The molecule has 1 rings (SSSR count). The molecule has 0 aromatic heterocycles. The van der Waals surface area contributed by atoms with E-state index in [1.165, 1.54) is 0 Å². The van der Waals surface area contributed by atoms with E-state index in [4.69, 9.17) is 5.73 Å². The van der Waals surface area contributed by atoms with Gasteiger partial charge in [-0.05, 0) is 19.3 Å². The second-order valence-corrected chi connectivity index (χ2v) is 3.81. The highest BCUT2D eigenvalue weighted by molar-refractivity contribution is 5.78. The summed E-state index contributed by atoms with van der Waals surface area (Å²) in [5.41, 5.74) is 5.21. The molecule has 1 aliphatic rings. The summed E-state index contributed by atoms with van der Waals surface area (Å²) in [6.07, 6.45) is 2.95. The van der Waals surface area contributed by atoms with Crippen molar-refractivity contribution in [3.8, 4) is 0 Å². The lowest BCUT2D eigenvalue weighted by Crippen LogP contribution is -2.41. The Morgan fingerprint density at radius 3 is 2.36 bits per heavy atom. The number of amides is 2. The van der Waals surface area contributed by atoms with Gasteiger partial charge in [-0.15, -0.1) is 0 Å². The zero-order chi connectivity index (χ0) is 10.6. The third kappa shape index (κ3) is 2.72. The monoisotopic (exact) mass is 198 g/mol. The van der Waals surface area contributed by atoms with Gasteiger partial charge in [0.2, 0.25) is 11.8 Å². The molecule has 80 valence electrons. The average molecular weight is 198 g/mol. The minimum atomic E-state index is -0.229. The molecule has 0 spiro atoms. The van der Waals surface area contributed by atoms with Gasteiger partial charge in [0.05, 0.1) is 0 Å². The SMILES string of the molecule is CCCC(=O)N1CCC(C(N)=O)CC1. The van der Waals surface area contributed by atoms with Crippen molar-refractivity contribution < 1.29 is 9.59 Å². The van der Waals surface area contributed by atoms with Crippen LogP contribution in [0.2, 0.25) is 0 Å². The summed E-state index contributed by atoms with van der Waals surface area (Å²) in [7, 11) is 0. The van der Waals surface area contributed by atoms with E-state index in [-0.39, 0.29) is 17.7 Å². The predicted molar refractivity (Wildman–Crippen MR) is 53.4 cm³/mol. The van der Waals surface area contributed by atoms with Crippen molar-refractivity contribution in [3.63, 3.8) is 0 Å². The molecule has 1 heterocycles. The molecule has 0 aliphatic carbocycles. The van der Waals surface area contributed by atoms with Gasteiger partial charge in [-0.3, -0.25) is 9.59 Å². The number of carbonyl (C=O) groups is 2. The van der Waals surface area contributed by atoms with Crippen LogP contribution in [-0.2, 0) is 9.59 Å². The smallest absolute Gasteiger partial charge is 0.222 e. The normalized spacial score (nSPS) is 18.2. The highest BCUT2D eigenvalue weighted by Gasteiger charge is 2.24. The van der Waals surface area contributed by atoms with Crippen molar-refractivity contribution in [3.05, 3.63) is 0 Å². The number of primary amides is 1. The molecule has 4 nitrogen and oxygen atoms in total. The van der Waals surface area contributed by atoms with Crippen molar-refractivity contribution >= 4 is 11.8 Å². The van der Waals surface area contributed by atoms with Crippen molar-refractivity contribution in [2.24, 2.45) is 11.7 Å². The second kappa shape index (κ2) is 4.98. The maximum absolute atomic E-state index is 11.5. The third-order valence-corrected chi connectivity index (χ3v) is 2.71. The fourth-order valence-electron chi connectivity index (χ4n) is 1.79. The molecular formula is C10H18N2O2. The Bertz CT molecular complexity index is 220. The third-order valence-electron chi connectivity index (χ3n) is 2.71. The van der Waals surface area contributed by atoms with Gasteiger partial charge in [-0.2, -0.15) is 0 Å². The molecule has 1 fully saturated rings. The fraction of sp³-hybridized carbons (Fsp3) is 0.800. The topological polar surface area (TPSA) is 63.4 Å². The number of hydrogen-bond acceptors (Lipinski definition) is 2. The molecule has 1 saturated heterocycles. The summed E-state index contributed by atoms with van der Waals surface area (Å²) in [5.74, 6) is -0.0521. The molecule has 0 unspecified atom stereocenters. The van der Waals surface area contributed by atoms with Crippen molar-refractivity contribution in [2.45, 2.75) is 32.6 Å². The van der Waals surface area contributed by atoms with E-state index in [0.717, 1.165) is 19.3 Å². The molecular weight excluding hydrogens is 180 g/mol. The first-order chi connectivity index (χ1) is 6.65. The van der Waals surface area contributed by atoms with Gasteiger partial charge < -0.3 is 10.6 Å². The Kier molecular flexibility index (Phi) is 3.92. The standard InChI is InChI=1S/C10H18N2O2/c1-2-3-9(13)12-6-4-8(5-7-12)10(11)14/h8H,2-7H2,1H3,(H2,11,14). The van der Waals surface area contributed by atoms with Crippen molar-refractivity contribution in [1.29, 1.82) is 0 Å². The van der Waals surface area contributed by atoms with E-state index < -0.39 is 0 Å². The molecule has 0 aromatic rings. The lowest BCUT2D eigenvalue weighted by Gasteiger charge is -2.30. The van der Waals surface area contributed by atoms with Gasteiger partial charge in [-0.1, -0.05) is 6.92 Å². The summed E-state index contributed by atoms with van der Waals surface area (Å²) in [6.45, 7) is 3.37. The lowest BCUT2D eigenvalue weighted by molar-refractivity contribution is -0.134. The van der Waals surface area contributed by atoms with Gasteiger partial charge in [0.1, 0.15) is 0 Å². The molecule has 2 amide bonds. The van der Waals surface area contributed by atoms with Gasteiger partial charge in [0, 0.05) is 25.4 Å². The van der Waals surface area contributed by atoms with Gasteiger partial charge in [0.25, 0.3) is 0 Å². The highest BCUT2D eigenvalue weighted by Crippen LogP contribution is 2.17. The number of rotatable bonds is 3.